The number of benzene rings is 2. The molecular formula is C40H46FN5O6S. The molecule has 11 nitrogen and oxygen atoms in total. The van der Waals surface area contributed by atoms with E-state index in [-0.39, 0.29) is 25.3 Å². The van der Waals surface area contributed by atoms with Crippen LogP contribution in [-0.2, 0) is 30.8 Å². The van der Waals surface area contributed by atoms with Crippen molar-refractivity contribution in [2.75, 3.05) is 11.9 Å². The molecule has 3 N–H and O–H groups in total. The van der Waals surface area contributed by atoms with Crippen LogP contribution in [0, 0.1) is 18.7 Å². The molecule has 2 saturated carbocycles. The molecule has 13 heteroatoms. The molecule has 280 valence electrons. The molecule has 4 heterocycles. The van der Waals surface area contributed by atoms with Crippen LogP contribution < -0.4 is 20.1 Å². The number of nitrogens with one attached hydrogen (secondary N) is 3. The fourth-order valence-electron chi connectivity index (χ4n) is 8.42. The highest BCUT2D eigenvalue weighted by Crippen LogP contribution is 2.49. The zero-order valence-electron chi connectivity index (χ0n) is 30.1. The number of nitrogens with zero attached hydrogens (tertiary/aromatic N) is 2. The lowest BCUT2D eigenvalue weighted by atomic mass is 9.87. The number of fused-ring (bicyclic) bond motifs is 5. The van der Waals surface area contributed by atoms with E-state index in [1.54, 1.807) is 24.0 Å². The quantitative estimate of drug-likeness (QED) is 0.302. The number of ether oxygens (including phenoxy) is 1. The van der Waals surface area contributed by atoms with Crippen LogP contribution in [0.3, 0.4) is 0 Å². The van der Waals surface area contributed by atoms with E-state index >= 15 is 0 Å². The van der Waals surface area contributed by atoms with Gasteiger partial charge in [-0.3, -0.25) is 19.1 Å². The topological polar surface area (TPSA) is 147 Å². The van der Waals surface area contributed by atoms with Crippen molar-refractivity contribution in [3.63, 3.8) is 0 Å². The number of amides is 3. The number of pyridine rings is 1. The third-order valence-corrected chi connectivity index (χ3v) is 14.2. The van der Waals surface area contributed by atoms with Gasteiger partial charge in [0.25, 0.3) is 5.91 Å². The summed E-state index contributed by atoms with van der Waals surface area (Å²) in [4.78, 5) is 49.7. The lowest BCUT2D eigenvalue weighted by molar-refractivity contribution is -0.140. The maximum atomic E-state index is 14.8. The summed E-state index contributed by atoms with van der Waals surface area (Å²) in [6.45, 7) is 3.62. The minimum atomic E-state index is -3.97. The van der Waals surface area contributed by atoms with Crippen LogP contribution in [0.2, 0.25) is 0 Å². The molecule has 5 atom stereocenters. The number of anilines is 1. The minimum absolute atomic E-state index is 0.117. The number of hydrogen-bond acceptors (Lipinski definition) is 8. The van der Waals surface area contributed by atoms with E-state index in [1.807, 2.05) is 43.3 Å². The summed E-state index contributed by atoms with van der Waals surface area (Å²) in [5.41, 5.74) is 0.692. The highest BCUT2D eigenvalue weighted by atomic mass is 32.2. The summed E-state index contributed by atoms with van der Waals surface area (Å²) in [7, 11) is -3.97. The Morgan fingerprint density at radius 1 is 1.06 bits per heavy atom. The second-order valence-electron chi connectivity index (χ2n) is 15.9. The molecule has 1 saturated heterocycles. The summed E-state index contributed by atoms with van der Waals surface area (Å²) < 4.78 is 48.8. The highest BCUT2D eigenvalue weighted by molar-refractivity contribution is 7.91. The molecule has 3 aromatic rings. The fraction of sp³-hybridized carbons (Fsp3) is 0.500. The second-order valence-corrected chi connectivity index (χ2v) is 18.1. The van der Waals surface area contributed by atoms with Crippen LogP contribution in [0.5, 0.6) is 5.75 Å². The van der Waals surface area contributed by atoms with Crippen molar-refractivity contribution in [1.82, 2.24) is 19.9 Å². The van der Waals surface area contributed by atoms with Gasteiger partial charge in [-0.2, -0.15) is 0 Å². The number of allylic oxidation sites excluding steroid dienone is 1. The van der Waals surface area contributed by atoms with E-state index in [9.17, 15) is 27.2 Å². The Balaban J connectivity index is 1.15. The van der Waals surface area contributed by atoms with Crippen LogP contribution >= 0.6 is 0 Å². The first-order valence-corrected chi connectivity index (χ1v) is 20.3. The van der Waals surface area contributed by atoms with Crippen molar-refractivity contribution >= 4 is 44.3 Å². The first-order chi connectivity index (χ1) is 25.3. The van der Waals surface area contributed by atoms with Crippen molar-refractivity contribution in [2.24, 2.45) is 5.92 Å². The SMILES string of the molecule is Cc1nc2ccccc2c2c1O[C@]1(CC2)C[C@H]2C(=O)N[C@]3(C(=O)NS(=O)(=O)C4(C)CC4)C[C@H]3C=CCCCCC[C@H](Nc3cccc(F)c3)C(=O)N2C1. The summed E-state index contributed by atoms with van der Waals surface area (Å²) in [6, 6.07) is 12.1. The predicted molar refractivity (Wildman–Crippen MR) is 198 cm³/mol. The van der Waals surface area contributed by atoms with Gasteiger partial charge in [-0.15, -0.1) is 0 Å². The molecule has 5 aliphatic rings. The van der Waals surface area contributed by atoms with E-state index in [0.717, 1.165) is 47.8 Å². The highest BCUT2D eigenvalue weighted by Gasteiger charge is 2.64. The van der Waals surface area contributed by atoms with Crippen molar-refractivity contribution in [3.8, 4) is 5.75 Å². The molecule has 1 spiro atoms. The lowest BCUT2D eigenvalue weighted by Gasteiger charge is -2.36. The number of aromatic nitrogens is 1. The smallest absolute Gasteiger partial charge is 0.259 e. The van der Waals surface area contributed by atoms with Crippen molar-refractivity contribution in [1.29, 1.82) is 0 Å². The first kappa shape index (κ1) is 35.5. The maximum Gasteiger partial charge on any atom is 0.259 e. The molecule has 0 radical (unpaired) electrons. The number of hydrogen-bond donors (Lipinski definition) is 3. The Morgan fingerprint density at radius 3 is 2.66 bits per heavy atom. The number of carbonyl (C=O) groups is 3. The maximum absolute atomic E-state index is 14.8. The number of sulfonamides is 1. The van der Waals surface area contributed by atoms with Crippen LogP contribution in [0.1, 0.15) is 82.4 Å². The van der Waals surface area contributed by atoms with Crippen LogP contribution in [-0.4, -0.2) is 70.5 Å². The number of aryl methyl sites for hydroxylation is 2. The Morgan fingerprint density at radius 2 is 1.87 bits per heavy atom. The molecule has 0 unspecified atom stereocenters. The van der Waals surface area contributed by atoms with Crippen molar-refractivity contribution in [2.45, 2.75) is 112 Å². The largest absolute Gasteiger partial charge is 0.483 e. The molecule has 3 aliphatic heterocycles. The van der Waals surface area contributed by atoms with E-state index < -0.39 is 61.5 Å². The number of halogens is 1. The molecule has 53 heavy (non-hydrogen) atoms. The minimum Gasteiger partial charge on any atom is -0.483 e. The normalized spacial score (nSPS) is 29.5. The van der Waals surface area contributed by atoms with Crippen LogP contribution in [0.4, 0.5) is 10.1 Å². The van der Waals surface area contributed by atoms with Gasteiger partial charge < -0.3 is 20.3 Å². The Hall–Kier alpha value is -4.52. The third kappa shape index (κ3) is 6.55. The molecule has 0 bridgehead atoms. The van der Waals surface area contributed by atoms with Gasteiger partial charge in [-0.1, -0.05) is 49.3 Å². The Bertz CT molecular complexity index is 2140. The molecule has 3 amide bonds. The van der Waals surface area contributed by atoms with Gasteiger partial charge in [0.15, 0.2) is 0 Å². The van der Waals surface area contributed by atoms with E-state index in [1.165, 1.54) is 12.1 Å². The average molecular weight is 744 g/mol. The van der Waals surface area contributed by atoms with Gasteiger partial charge in [-0.25, -0.2) is 17.8 Å². The number of carbonyl (C=O) groups excluding carboxylic acids is 3. The van der Waals surface area contributed by atoms with Gasteiger partial charge in [0.2, 0.25) is 21.8 Å². The van der Waals surface area contributed by atoms with Crippen LogP contribution in [0.15, 0.2) is 60.7 Å². The van der Waals surface area contributed by atoms with Gasteiger partial charge in [0.05, 0.1) is 22.5 Å². The van der Waals surface area contributed by atoms with Crippen molar-refractivity contribution < 1.29 is 31.9 Å². The Kier molecular flexibility index (Phi) is 8.78. The zero-order valence-corrected chi connectivity index (χ0v) is 30.9. The van der Waals surface area contributed by atoms with Gasteiger partial charge in [0.1, 0.15) is 34.8 Å². The second kappa shape index (κ2) is 13.1. The summed E-state index contributed by atoms with van der Waals surface area (Å²) in [5.74, 6) is -1.81. The molecule has 2 aliphatic carbocycles. The summed E-state index contributed by atoms with van der Waals surface area (Å²) >= 11 is 0. The molecule has 2 aromatic carbocycles. The van der Waals surface area contributed by atoms with E-state index in [2.05, 4.69) is 15.4 Å². The summed E-state index contributed by atoms with van der Waals surface area (Å²) in [5, 5.41) is 7.23. The number of rotatable bonds is 5. The molecule has 8 rings (SSSR count). The van der Waals surface area contributed by atoms with Crippen LogP contribution in [0.25, 0.3) is 10.9 Å². The standard InChI is InChI=1S/C40H46FN5O6S/c1-25-34-30(29-14-8-9-15-31(29)42-25)17-18-39(52-34)23-33-35(47)44-40(37(49)45-53(50,51)38(2)19-20-38)22-26(40)11-6-4-3-5-7-16-32(36(48)46(33)24-39)43-28-13-10-12-27(41)21-28/h6,8-15,21,26,32-33,43H,3-5,7,16-20,22-24H2,1-2H3,(H,44,47)(H,45,49)/t26-,32+,33+,39-,40-/m1/s1. The first-order valence-electron chi connectivity index (χ1n) is 18.8. The van der Waals surface area contributed by atoms with E-state index in [4.69, 9.17) is 9.72 Å². The van der Waals surface area contributed by atoms with Gasteiger partial charge in [-0.05, 0) is 89.5 Å². The van der Waals surface area contributed by atoms with Gasteiger partial charge in [0, 0.05) is 29.0 Å². The monoisotopic (exact) mass is 743 g/mol. The molecular weight excluding hydrogens is 698 g/mol. The third-order valence-electron chi connectivity index (χ3n) is 12.0. The van der Waals surface area contributed by atoms with Crippen molar-refractivity contribution in [3.05, 3.63) is 77.8 Å². The lowest BCUT2D eigenvalue weighted by Crippen LogP contribution is -2.58. The molecule has 3 fully saturated rings. The summed E-state index contributed by atoms with van der Waals surface area (Å²) in [6.07, 6.45) is 9.97. The average Bonchev–Trinajstić information content (AvgIpc) is 4.02. The van der Waals surface area contributed by atoms with E-state index in [0.29, 0.717) is 43.5 Å². The predicted octanol–water partition coefficient (Wildman–Crippen LogP) is 5.22. The molecule has 1 aromatic heterocycles. The van der Waals surface area contributed by atoms with Gasteiger partial charge >= 0.3 is 0 Å². The Labute approximate surface area is 309 Å². The number of para-hydroxylation sites is 1. The fourth-order valence-corrected chi connectivity index (χ4v) is 9.73. The zero-order chi connectivity index (χ0) is 37.2.